The van der Waals surface area contributed by atoms with Crippen molar-refractivity contribution in [1.82, 2.24) is 14.8 Å². The molecular formula is C21H30N6O4S. The number of hydrogen-bond donors (Lipinski definition) is 2. The SMILES string of the molecule is CSc1ccc(N2CCN(C(=O)OCCCN(C)C)CC2)cc1NC(=O)c1coc(N)n1. The van der Waals surface area contributed by atoms with Gasteiger partial charge in [0, 0.05) is 43.3 Å². The highest BCUT2D eigenvalue weighted by atomic mass is 32.2. The normalized spacial score (nSPS) is 14.0. The minimum Gasteiger partial charge on any atom is -0.449 e. The van der Waals surface area contributed by atoms with Gasteiger partial charge in [0.05, 0.1) is 12.3 Å². The van der Waals surface area contributed by atoms with Crippen LogP contribution in [0.25, 0.3) is 0 Å². The van der Waals surface area contributed by atoms with Crippen molar-refractivity contribution in [2.75, 3.05) is 75.6 Å². The van der Waals surface area contributed by atoms with E-state index >= 15 is 0 Å². The zero-order valence-electron chi connectivity index (χ0n) is 18.7. The molecule has 0 radical (unpaired) electrons. The van der Waals surface area contributed by atoms with Crippen molar-refractivity contribution < 1.29 is 18.7 Å². The topological polar surface area (TPSA) is 117 Å². The van der Waals surface area contributed by atoms with Gasteiger partial charge in [0.15, 0.2) is 5.69 Å². The Bertz CT molecular complexity index is 927. The molecule has 2 heterocycles. The van der Waals surface area contributed by atoms with Crippen LogP contribution in [0.3, 0.4) is 0 Å². The van der Waals surface area contributed by atoms with E-state index in [9.17, 15) is 9.59 Å². The number of carbonyl (C=O) groups is 2. The number of benzene rings is 1. The highest BCUT2D eigenvalue weighted by Crippen LogP contribution is 2.31. The number of ether oxygens (including phenoxy) is 1. The first-order valence-electron chi connectivity index (χ1n) is 10.4. The van der Waals surface area contributed by atoms with E-state index in [4.69, 9.17) is 14.9 Å². The zero-order chi connectivity index (χ0) is 23.1. The molecule has 0 aliphatic carbocycles. The van der Waals surface area contributed by atoms with Gasteiger partial charge in [-0.15, -0.1) is 11.8 Å². The Morgan fingerprint density at radius 3 is 2.66 bits per heavy atom. The number of aromatic nitrogens is 1. The molecule has 1 saturated heterocycles. The third-order valence-electron chi connectivity index (χ3n) is 5.06. The average molecular weight is 463 g/mol. The van der Waals surface area contributed by atoms with Gasteiger partial charge in [-0.2, -0.15) is 4.98 Å². The fourth-order valence-electron chi connectivity index (χ4n) is 3.35. The Morgan fingerprint density at radius 1 is 1.28 bits per heavy atom. The maximum atomic E-state index is 12.5. The molecule has 2 aromatic rings. The first-order chi connectivity index (χ1) is 15.4. The molecule has 32 heavy (non-hydrogen) atoms. The van der Waals surface area contributed by atoms with Crippen LogP contribution >= 0.6 is 11.8 Å². The van der Waals surface area contributed by atoms with Crippen LogP contribution in [-0.4, -0.2) is 86.5 Å². The van der Waals surface area contributed by atoms with Crippen LogP contribution in [0.5, 0.6) is 0 Å². The fourth-order valence-corrected chi connectivity index (χ4v) is 3.88. The third kappa shape index (κ3) is 6.30. The monoisotopic (exact) mass is 462 g/mol. The molecule has 1 fully saturated rings. The molecule has 10 nitrogen and oxygen atoms in total. The molecule has 1 aliphatic heterocycles. The summed E-state index contributed by atoms with van der Waals surface area (Å²) >= 11 is 1.53. The van der Waals surface area contributed by atoms with E-state index in [1.165, 1.54) is 18.0 Å². The molecule has 1 aromatic carbocycles. The van der Waals surface area contributed by atoms with E-state index < -0.39 is 0 Å². The molecule has 2 amide bonds. The molecule has 3 N–H and O–H groups in total. The van der Waals surface area contributed by atoms with Crippen molar-refractivity contribution >= 4 is 41.2 Å². The van der Waals surface area contributed by atoms with E-state index in [-0.39, 0.29) is 23.7 Å². The van der Waals surface area contributed by atoms with Gasteiger partial charge in [0.2, 0.25) is 0 Å². The van der Waals surface area contributed by atoms with Crippen molar-refractivity contribution in [2.24, 2.45) is 0 Å². The lowest BCUT2D eigenvalue weighted by molar-refractivity contribution is 0.0970. The largest absolute Gasteiger partial charge is 0.449 e. The Balaban J connectivity index is 1.57. The second-order valence-corrected chi connectivity index (χ2v) is 8.50. The average Bonchev–Trinajstić information content (AvgIpc) is 3.23. The van der Waals surface area contributed by atoms with Crippen molar-refractivity contribution in [3.63, 3.8) is 0 Å². The highest BCUT2D eigenvalue weighted by molar-refractivity contribution is 7.98. The van der Waals surface area contributed by atoms with E-state index in [0.29, 0.717) is 38.5 Å². The number of oxazole rings is 1. The summed E-state index contributed by atoms with van der Waals surface area (Å²) in [4.78, 5) is 35.5. The molecule has 11 heteroatoms. The molecular weight excluding hydrogens is 432 g/mol. The van der Waals surface area contributed by atoms with Gasteiger partial charge < -0.3 is 34.9 Å². The van der Waals surface area contributed by atoms with E-state index in [0.717, 1.165) is 23.5 Å². The molecule has 1 aromatic heterocycles. The number of piperazine rings is 1. The van der Waals surface area contributed by atoms with Crippen molar-refractivity contribution in [1.29, 1.82) is 0 Å². The van der Waals surface area contributed by atoms with Crippen LogP contribution in [0.15, 0.2) is 33.8 Å². The van der Waals surface area contributed by atoms with Gasteiger partial charge in [-0.1, -0.05) is 0 Å². The van der Waals surface area contributed by atoms with Crippen LogP contribution < -0.4 is 16.0 Å². The molecule has 174 valence electrons. The van der Waals surface area contributed by atoms with Gasteiger partial charge in [0.25, 0.3) is 11.9 Å². The lowest BCUT2D eigenvalue weighted by Gasteiger charge is -2.35. The first kappa shape index (κ1) is 23.7. The zero-order valence-corrected chi connectivity index (χ0v) is 19.5. The van der Waals surface area contributed by atoms with Crippen LogP contribution in [0.4, 0.5) is 22.2 Å². The van der Waals surface area contributed by atoms with Crippen LogP contribution in [0, 0.1) is 0 Å². The second-order valence-electron chi connectivity index (χ2n) is 7.65. The fraction of sp³-hybridized carbons (Fsp3) is 0.476. The molecule has 0 spiro atoms. The summed E-state index contributed by atoms with van der Waals surface area (Å²) in [5.41, 5.74) is 7.24. The number of nitrogens with zero attached hydrogens (tertiary/aromatic N) is 4. The van der Waals surface area contributed by atoms with E-state index in [2.05, 4.69) is 20.1 Å². The number of carbonyl (C=O) groups excluding carboxylic acids is 2. The molecule has 0 unspecified atom stereocenters. The van der Waals surface area contributed by atoms with Gasteiger partial charge >= 0.3 is 6.09 Å². The van der Waals surface area contributed by atoms with Crippen LogP contribution in [0.2, 0.25) is 0 Å². The van der Waals surface area contributed by atoms with E-state index in [1.54, 1.807) is 4.90 Å². The Labute approximate surface area is 192 Å². The molecule has 1 aliphatic rings. The number of amides is 2. The first-order valence-corrected chi connectivity index (χ1v) is 11.6. The van der Waals surface area contributed by atoms with Crippen molar-refractivity contribution in [2.45, 2.75) is 11.3 Å². The summed E-state index contributed by atoms with van der Waals surface area (Å²) in [5, 5.41) is 2.88. The Hall–Kier alpha value is -2.92. The lowest BCUT2D eigenvalue weighted by Crippen LogP contribution is -2.49. The number of nitrogens with two attached hydrogens (primary N) is 1. The Kier molecular flexibility index (Phi) is 8.23. The minimum absolute atomic E-state index is 0.0527. The number of nitrogen functional groups attached to an aromatic ring is 1. The number of thioether (sulfide) groups is 1. The van der Waals surface area contributed by atoms with Crippen molar-refractivity contribution in [3.05, 3.63) is 30.2 Å². The molecule has 0 bridgehead atoms. The maximum Gasteiger partial charge on any atom is 0.409 e. The molecule has 0 atom stereocenters. The predicted octanol–water partition coefficient (Wildman–Crippen LogP) is 2.44. The predicted molar refractivity (Wildman–Crippen MR) is 125 cm³/mol. The lowest BCUT2D eigenvalue weighted by atomic mass is 10.2. The number of nitrogens with one attached hydrogen (secondary N) is 1. The second kappa shape index (κ2) is 11.1. The Morgan fingerprint density at radius 2 is 2.03 bits per heavy atom. The molecule has 3 rings (SSSR count). The maximum absolute atomic E-state index is 12.5. The highest BCUT2D eigenvalue weighted by Gasteiger charge is 2.23. The summed E-state index contributed by atoms with van der Waals surface area (Å²) in [6, 6.07) is 5.87. The minimum atomic E-state index is -0.389. The summed E-state index contributed by atoms with van der Waals surface area (Å²) in [5.74, 6) is -0.389. The van der Waals surface area contributed by atoms with Crippen LogP contribution in [-0.2, 0) is 4.74 Å². The number of rotatable bonds is 8. The number of anilines is 3. The van der Waals surface area contributed by atoms with Gasteiger partial charge in [-0.25, -0.2) is 4.79 Å². The number of hydrogen-bond acceptors (Lipinski definition) is 9. The summed E-state index contributed by atoms with van der Waals surface area (Å²) in [7, 11) is 3.99. The standard InChI is InChI=1S/C21H30N6O4S/c1-25(2)7-4-12-30-21(29)27-10-8-26(9-11-27)15-5-6-18(32-3)16(13-15)23-19(28)17-14-31-20(22)24-17/h5-6,13-14H,4,7-12H2,1-3H3,(H2,22,24)(H,23,28). The van der Waals surface area contributed by atoms with Gasteiger partial charge in [0.1, 0.15) is 6.26 Å². The van der Waals surface area contributed by atoms with Crippen molar-refractivity contribution in [3.8, 4) is 0 Å². The van der Waals surface area contributed by atoms with Gasteiger partial charge in [-0.05, 0) is 45.0 Å². The summed E-state index contributed by atoms with van der Waals surface area (Å²) in [6.07, 6.45) is 3.73. The molecule has 0 saturated carbocycles. The van der Waals surface area contributed by atoms with E-state index in [1.807, 2.05) is 38.6 Å². The third-order valence-corrected chi connectivity index (χ3v) is 5.86. The quantitative estimate of drug-likeness (QED) is 0.450. The van der Waals surface area contributed by atoms with Gasteiger partial charge in [-0.3, -0.25) is 4.79 Å². The smallest absolute Gasteiger partial charge is 0.409 e. The van der Waals surface area contributed by atoms with Crippen LogP contribution in [0.1, 0.15) is 16.9 Å². The summed E-state index contributed by atoms with van der Waals surface area (Å²) < 4.78 is 10.3. The summed E-state index contributed by atoms with van der Waals surface area (Å²) in [6.45, 7) is 3.83.